The molecule has 5 heteroatoms. The molecule has 1 aromatic rings. The molecule has 4 nitrogen and oxygen atoms in total. The van der Waals surface area contributed by atoms with Crippen molar-refractivity contribution in [2.75, 3.05) is 0 Å². The van der Waals surface area contributed by atoms with Gasteiger partial charge in [-0.25, -0.2) is 0 Å². The molecule has 0 saturated heterocycles. The van der Waals surface area contributed by atoms with Gasteiger partial charge in [-0.05, 0) is 18.4 Å². The summed E-state index contributed by atoms with van der Waals surface area (Å²) in [4.78, 5) is 10.00. The topological polar surface area (TPSA) is 69.2 Å². The zero-order valence-corrected chi connectivity index (χ0v) is 9.65. The molecule has 0 unspecified atom stereocenters. The van der Waals surface area contributed by atoms with Crippen LogP contribution in [0.3, 0.4) is 0 Å². The molecular weight excluding hydrogens is 228 g/mol. The number of nitro benzene ring substituents is 1. The van der Waals surface area contributed by atoms with Crippen LogP contribution in [0.5, 0.6) is 0 Å². The molecule has 0 aromatic heterocycles. The molecule has 0 aliphatic rings. The second-order valence-electron chi connectivity index (χ2n) is 3.32. The highest BCUT2D eigenvalue weighted by atomic mass is 35.5. The molecular formula is C11H15ClN2O2. The second-order valence-corrected chi connectivity index (χ2v) is 3.32. The van der Waals surface area contributed by atoms with Crippen LogP contribution < -0.4 is 5.73 Å². The maximum Gasteiger partial charge on any atom is 0.269 e. The second kappa shape index (κ2) is 6.98. The number of halogens is 1. The molecule has 0 amide bonds. The molecule has 1 atom stereocenters. The van der Waals surface area contributed by atoms with Crippen molar-refractivity contribution < 1.29 is 4.92 Å². The van der Waals surface area contributed by atoms with Gasteiger partial charge in [0, 0.05) is 18.2 Å². The predicted octanol–water partition coefficient (Wildman–Crippen LogP) is 2.98. The lowest BCUT2D eigenvalue weighted by atomic mass is 10.0. The zero-order chi connectivity index (χ0) is 11.3. The number of nitro groups is 1. The van der Waals surface area contributed by atoms with Crippen LogP contribution in [-0.4, -0.2) is 4.92 Å². The van der Waals surface area contributed by atoms with Crippen molar-refractivity contribution in [1.29, 1.82) is 0 Å². The summed E-state index contributed by atoms with van der Waals surface area (Å²) in [6.07, 6.45) is 3.46. The Bertz CT molecular complexity index is 352. The van der Waals surface area contributed by atoms with Crippen molar-refractivity contribution in [2.24, 2.45) is 5.73 Å². The molecule has 0 fully saturated rings. The van der Waals surface area contributed by atoms with Crippen molar-refractivity contribution in [3.8, 4) is 0 Å². The summed E-state index contributed by atoms with van der Waals surface area (Å²) in [7, 11) is 0. The lowest BCUT2D eigenvalue weighted by molar-refractivity contribution is -0.384. The standard InChI is InChI=1S/C11H14N2O2.ClH/c1-2-3-4-11(12)9-5-7-10(8-6-9)13(14)15;/h2,5-8,11H,1,3-4,12H2;1H/t11-;/m0./s1. The third kappa shape index (κ3) is 4.00. The van der Waals surface area contributed by atoms with E-state index in [1.54, 1.807) is 12.1 Å². The van der Waals surface area contributed by atoms with E-state index in [1.807, 2.05) is 6.08 Å². The van der Waals surface area contributed by atoms with Gasteiger partial charge in [-0.1, -0.05) is 18.2 Å². The molecule has 0 bridgehead atoms. The molecule has 0 radical (unpaired) electrons. The van der Waals surface area contributed by atoms with Crippen LogP contribution in [0, 0.1) is 10.1 Å². The van der Waals surface area contributed by atoms with E-state index >= 15 is 0 Å². The fraction of sp³-hybridized carbons (Fsp3) is 0.273. The summed E-state index contributed by atoms with van der Waals surface area (Å²) in [5.41, 5.74) is 6.90. The summed E-state index contributed by atoms with van der Waals surface area (Å²) in [5.74, 6) is 0. The average Bonchev–Trinajstić information content (AvgIpc) is 2.26. The molecule has 88 valence electrons. The number of allylic oxidation sites excluding steroid dienone is 1. The normalized spacial score (nSPS) is 11.3. The van der Waals surface area contributed by atoms with Gasteiger partial charge < -0.3 is 5.73 Å². The Balaban J connectivity index is 0.00000225. The largest absolute Gasteiger partial charge is 0.324 e. The van der Waals surface area contributed by atoms with E-state index in [9.17, 15) is 10.1 Å². The van der Waals surface area contributed by atoms with Crippen molar-refractivity contribution in [3.05, 3.63) is 52.6 Å². The van der Waals surface area contributed by atoms with Crippen LogP contribution in [0.15, 0.2) is 36.9 Å². The first-order valence-corrected chi connectivity index (χ1v) is 4.76. The van der Waals surface area contributed by atoms with Crippen LogP contribution in [0.25, 0.3) is 0 Å². The zero-order valence-electron chi connectivity index (χ0n) is 8.83. The fourth-order valence-electron chi connectivity index (χ4n) is 1.31. The lowest BCUT2D eigenvalue weighted by Crippen LogP contribution is -2.09. The molecule has 0 heterocycles. The Labute approximate surface area is 101 Å². The predicted molar refractivity (Wildman–Crippen MR) is 66.7 cm³/mol. The first-order chi connectivity index (χ1) is 7.15. The average molecular weight is 243 g/mol. The highest BCUT2D eigenvalue weighted by Crippen LogP contribution is 2.19. The fourth-order valence-corrected chi connectivity index (χ4v) is 1.31. The van der Waals surface area contributed by atoms with Gasteiger partial charge in [0.15, 0.2) is 0 Å². The number of hydrogen-bond donors (Lipinski definition) is 1. The molecule has 0 aliphatic heterocycles. The number of benzene rings is 1. The summed E-state index contributed by atoms with van der Waals surface area (Å²) in [6.45, 7) is 3.62. The van der Waals surface area contributed by atoms with Crippen LogP contribution in [0.1, 0.15) is 24.4 Å². The number of hydrogen-bond acceptors (Lipinski definition) is 3. The summed E-state index contributed by atoms with van der Waals surface area (Å²) < 4.78 is 0. The van der Waals surface area contributed by atoms with Gasteiger partial charge in [-0.15, -0.1) is 19.0 Å². The molecule has 16 heavy (non-hydrogen) atoms. The van der Waals surface area contributed by atoms with Gasteiger partial charge in [0.25, 0.3) is 5.69 Å². The Morgan fingerprint density at radius 3 is 2.44 bits per heavy atom. The highest BCUT2D eigenvalue weighted by molar-refractivity contribution is 5.85. The summed E-state index contributed by atoms with van der Waals surface area (Å²) in [6, 6.07) is 6.27. The summed E-state index contributed by atoms with van der Waals surface area (Å²) in [5, 5.41) is 10.4. The van der Waals surface area contributed by atoms with E-state index in [0.717, 1.165) is 18.4 Å². The minimum Gasteiger partial charge on any atom is -0.324 e. The molecule has 1 rings (SSSR count). The number of nitrogens with zero attached hydrogens (tertiary/aromatic N) is 1. The van der Waals surface area contributed by atoms with Gasteiger partial charge in [0.05, 0.1) is 4.92 Å². The van der Waals surface area contributed by atoms with Crippen LogP contribution in [0.4, 0.5) is 5.69 Å². The Hall–Kier alpha value is -1.39. The first kappa shape index (κ1) is 14.6. The van der Waals surface area contributed by atoms with Crippen molar-refractivity contribution >= 4 is 18.1 Å². The SMILES string of the molecule is C=CCC[C@H](N)c1ccc([N+](=O)[O-])cc1.Cl. The molecule has 0 saturated carbocycles. The van der Waals surface area contributed by atoms with Gasteiger partial charge in [-0.2, -0.15) is 0 Å². The third-order valence-electron chi connectivity index (χ3n) is 2.21. The van der Waals surface area contributed by atoms with Crippen LogP contribution in [-0.2, 0) is 0 Å². The van der Waals surface area contributed by atoms with Crippen LogP contribution >= 0.6 is 12.4 Å². The van der Waals surface area contributed by atoms with E-state index in [1.165, 1.54) is 12.1 Å². The molecule has 2 N–H and O–H groups in total. The van der Waals surface area contributed by atoms with Crippen molar-refractivity contribution in [2.45, 2.75) is 18.9 Å². The van der Waals surface area contributed by atoms with E-state index in [-0.39, 0.29) is 24.1 Å². The van der Waals surface area contributed by atoms with E-state index in [0.29, 0.717) is 0 Å². The first-order valence-electron chi connectivity index (χ1n) is 4.76. The smallest absolute Gasteiger partial charge is 0.269 e. The number of rotatable bonds is 5. The summed E-state index contributed by atoms with van der Waals surface area (Å²) >= 11 is 0. The molecule has 1 aromatic carbocycles. The molecule has 0 aliphatic carbocycles. The minimum atomic E-state index is -0.418. The van der Waals surface area contributed by atoms with Gasteiger partial charge >= 0.3 is 0 Å². The lowest BCUT2D eigenvalue weighted by Gasteiger charge is -2.09. The molecule has 0 spiro atoms. The van der Waals surface area contributed by atoms with E-state index in [4.69, 9.17) is 5.73 Å². The Morgan fingerprint density at radius 1 is 1.44 bits per heavy atom. The quantitative estimate of drug-likeness (QED) is 0.490. The van der Waals surface area contributed by atoms with E-state index < -0.39 is 4.92 Å². The number of nitrogens with two attached hydrogens (primary N) is 1. The van der Waals surface area contributed by atoms with Crippen LogP contribution in [0.2, 0.25) is 0 Å². The van der Waals surface area contributed by atoms with Gasteiger partial charge in [-0.3, -0.25) is 10.1 Å². The Morgan fingerprint density at radius 2 is 2.00 bits per heavy atom. The third-order valence-corrected chi connectivity index (χ3v) is 2.21. The monoisotopic (exact) mass is 242 g/mol. The maximum absolute atomic E-state index is 10.4. The number of non-ortho nitro benzene ring substituents is 1. The van der Waals surface area contributed by atoms with Crippen molar-refractivity contribution in [3.63, 3.8) is 0 Å². The van der Waals surface area contributed by atoms with Gasteiger partial charge in [0.2, 0.25) is 0 Å². The highest BCUT2D eigenvalue weighted by Gasteiger charge is 2.08. The minimum absolute atomic E-state index is 0. The van der Waals surface area contributed by atoms with Crippen molar-refractivity contribution in [1.82, 2.24) is 0 Å². The Kier molecular flexibility index (Phi) is 6.37. The maximum atomic E-state index is 10.4. The van der Waals surface area contributed by atoms with Gasteiger partial charge in [0.1, 0.15) is 0 Å². The van der Waals surface area contributed by atoms with E-state index in [2.05, 4.69) is 6.58 Å².